The second-order valence-electron chi connectivity index (χ2n) is 6.62. The molecular weight excluding hydrogens is 342 g/mol. The first-order chi connectivity index (χ1) is 13.1. The quantitative estimate of drug-likeness (QED) is 0.841. The molecule has 3 rings (SSSR count). The van der Waals surface area contributed by atoms with Crippen molar-refractivity contribution in [1.29, 1.82) is 5.26 Å². The maximum atomic E-state index is 12.5. The SMILES string of the molecule is COc1ccc(NC(=O)c2ccc(NC(=O)C3(C#N)CCCC3)cc2)cc1. The van der Waals surface area contributed by atoms with Crippen LogP contribution in [0.4, 0.5) is 11.4 Å². The molecule has 0 aliphatic heterocycles. The predicted molar refractivity (Wildman–Crippen MR) is 103 cm³/mol. The van der Waals surface area contributed by atoms with Gasteiger partial charge < -0.3 is 15.4 Å². The van der Waals surface area contributed by atoms with Crippen molar-refractivity contribution in [2.75, 3.05) is 17.7 Å². The molecule has 2 N–H and O–H groups in total. The summed E-state index contributed by atoms with van der Waals surface area (Å²) in [6.07, 6.45) is 2.98. The molecule has 0 radical (unpaired) electrons. The summed E-state index contributed by atoms with van der Waals surface area (Å²) in [7, 11) is 1.58. The monoisotopic (exact) mass is 363 g/mol. The van der Waals surface area contributed by atoms with Crippen molar-refractivity contribution in [2.45, 2.75) is 25.7 Å². The lowest BCUT2D eigenvalue weighted by Crippen LogP contribution is -2.32. The van der Waals surface area contributed by atoms with Gasteiger partial charge in [0.25, 0.3) is 5.91 Å². The van der Waals surface area contributed by atoms with Gasteiger partial charge in [-0.15, -0.1) is 0 Å². The van der Waals surface area contributed by atoms with Gasteiger partial charge in [-0.05, 0) is 61.4 Å². The highest BCUT2D eigenvalue weighted by atomic mass is 16.5. The number of anilines is 2. The number of hydrogen-bond acceptors (Lipinski definition) is 4. The fourth-order valence-corrected chi connectivity index (χ4v) is 3.20. The molecule has 2 aromatic rings. The molecule has 1 fully saturated rings. The molecule has 1 saturated carbocycles. The van der Waals surface area contributed by atoms with E-state index in [1.54, 1.807) is 55.6 Å². The van der Waals surface area contributed by atoms with Crippen LogP contribution in [-0.2, 0) is 4.79 Å². The normalized spacial score (nSPS) is 14.8. The number of amides is 2. The van der Waals surface area contributed by atoms with Gasteiger partial charge in [0.1, 0.15) is 11.2 Å². The minimum Gasteiger partial charge on any atom is -0.497 e. The Balaban J connectivity index is 1.63. The standard InChI is InChI=1S/C21H21N3O3/c1-27-18-10-8-16(9-11-18)23-19(25)15-4-6-17(7-5-15)24-20(26)21(14-22)12-2-3-13-21/h4-11H,2-3,12-13H2,1H3,(H,23,25)(H,24,26). The Morgan fingerprint density at radius 1 is 0.963 bits per heavy atom. The minimum absolute atomic E-state index is 0.248. The van der Waals surface area contributed by atoms with Crippen molar-refractivity contribution in [3.8, 4) is 11.8 Å². The number of carbonyl (C=O) groups is 2. The first kappa shape index (κ1) is 18.5. The van der Waals surface area contributed by atoms with Crippen LogP contribution in [0.15, 0.2) is 48.5 Å². The first-order valence-corrected chi connectivity index (χ1v) is 8.84. The molecule has 0 aromatic heterocycles. The topological polar surface area (TPSA) is 91.2 Å². The maximum Gasteiger partial charge on any atom is 0.255 e. The number of nitrogens with zero attached hydrogens (tertiary/aromatic N) is 1. The van der Waals surface area contributed by atoms with E-state index in [4.69, 9.17) is 4.74 Å². The molecule has 0 spiro atoms. The van der Waals surface area contributed by atoms with E-state index in [-0.39, 0.29) is 11.8 Å². The zero-order valence-electron chi connectivity index (χ0n) is 15.1. The number of hydrogen-bond donors (Lipinski definition) is 2. The molecule has 1 aliphatic rings. The van der Waals surface area contributed by atoms with Gasteiger partial charge in [-0.3, -0.25) is 9.59 Å². The number of nitrogens with one attached hydrogen (secondary N) is 2. The van der Waals surface area contributed by atoms with E-state index >= 15 is 0 Å². The van der Waals surface area contributed by atoms with Gasteiger partial charge >= 0.3 is 0 Å². The Hall–Kier alpha value is -3.33. The fraction of sp³-hybridized carbons (Fsp3) is 0.286. The summed E-state index contributed by atoms with van der Waals surface area (Å²) < 4.78 is 5.09. The van der Waals surface area contributed by atoms with Crippen LogP contribution in [-0.4, -0.2) is 18.9 Å². The van der Waals surface area contributed by atoms with E-state index in [1.165, 1.54) is 0 Å². The largest absolute Gasteiger partial charge is 0.497 e. The highest BCUT2D eigenvalue weighted by Gasteiger charge is 2.41. The Morgan fingerprint density at radius 3 is 2.07 bits per heavy atom. The van der Waals surface area contributed by atoms with E-state index in [0.717, 1.165) is 12.8 Å². The molecule has 0 bridgehead atoms. The van der Waals surface area contributed by atoms with Crippen LogP contribution in [0.1, 0.15) is 36.0 Å². The molecule has 2 aromatic carbocycles. The van der Waals surface area contributed by atoms with Gasteiger partial charge in [0.15, 0.2) is 0 Å². The number of methoxy groups -OCH3 is 1. The summed E-state index contributed by atoms with van der Waals surface area (Å²) in [5.41, 5.74) is 0.780. The van der Waals surface area contributed by atoms with E-state index in [9.17, 15) is 14.9 Å². The first-order valence-electron chi connectivity index (χ1n) is 8.84. The third-order valence-corrected chi connectivity index (χ3v) is 4.86. The minimum atomic E-state index is -0.926. The Labute approximate surface area is 158 Å². The van der Waals surface area contributed by atoms with Gasteiger partial charge in [-0.2, -0.15) is 5.26 Å². The second-order valence-corrected chi connectivity index (χ2v) is 6.62. The lowest BCUT2D eigenvalue weighted by Gasteiger charge is -2.19. The average Bonchev–Trinajstić information content (AvgIpc) is 3.19. The van der Waals surface area contributed by atoms with Crippen LogP contribution >= 0.6 is 0 Å². The van der Waals surface area contributed by atoms with Crippen LogP contribution in [0.3, 0.4) is 0 Å². The van der Waals surface area contributed by atoms with Crippen molar-refractivity contribution < 1.29 is 14.3 Å². The Morgan fingerprint density at radius 2 is 1.52 bits per heavy atom. The van der Waals surface area contributed by atoms with E-state index in [2.05, 4.69) is 16.7 Å². The molecule has 27 heavy (non-hydrogen) atoms. The van der Waals surface area contributed by atoms with Crippen molar-refractivity contribution in [3.63, 3.8) is 0 Å². The van der Waals surface area contributed by atoms with Crippen LogP contribution in [0.2, 0.25) is 0 Å². The second kappa shape index (κ2) is 7.92. The summed E-state index contributed by atoms with van der Waals surface area (Å²) in [5, 5.41) is 15.0. The molecule has 138 valence electrons. The van der Waals surface area contributed by atoms with Crippen molar-refractivity contribution in [1.82, 2.24) is 0 Å². The summed E-state index contributed by atoms with van der Waals surface area (Å²) in [6.45, 7) is 0. The molecule has 2 amide bonds. The zero-order valence-corrected chi connectivity index (χ0v) is 15.1. The smallest absolute Gasteiger partial charge is 0.255 e. The van der Waals surface area contributed by atoms with Crippen LogP contribution in [0, 0.1) is 16.7 Å². The van der Waals surface area contributed by atoms with Crippen molar-refractivity contribution in [2.24, 2.45) is 5.41 Å². The summed E-state index contributed by atoms with van der Waals surface area (Å²) >= 11 is 0. The van der Waals surface area contributed by atoms with Gasteiger partial charge in [-0.1, -0.05) is 12.8 Å². The van der Waals surface area contributed by atoms with Gasteiger partial charge in [0, 0.05) is 16.9 Å². The molecule has 6 nitrogen and oxygen atoms in total. The summed E-state index contributed by atoms with van der Waals surface area (Å²) in [5.74, 6) is 0.200. The molecule has 0 heterocycles. The molecule has 6 heteroatoms. The van der Waals surface area contributed by atoms with Crippen LogP contribution in [0.5, 0.6) is 5.75 Å². The highest BCUT2D eigenvalue weighted by molar-refractivity contribution is 6.05. The van der Waals surface area contributed by atoms with E-state index in [1.807, 2.05) is 0 Å². The van der Waals surface area contributed by atoms with Crippen LogP contribution in [0.25, 0.3) is 0 Å². The predicted octanol–water partition coefficient (Wildman–Crippen LogP) is 3.97. The van der Waals surface area contributed by atoms with E-state index in [0.29, 0.717) is 35.5 Å². The van der Waals surface area contributed by atoms with Gasteiger partial charge in [0.2, 0.25) is 5.91 Å². The third kappa shape index (κ3) is 4.09. The fourth-order valence-electron chi connectivity index (χ4n) is 3.20. The average molecular weight is 363 g/mol. The molecule has 1 aliphatic carbocycles. The lowest BCUT2D eigenvalue weighted by molar-refractivity contribution is -0.122. The third-order valence-electron chi connectivity index (χ3n) is 4.86. The Kier molecular flexibility index (Phi) is 5.41. The number of rotatable bonds is 5. The lowest BCUT2D eigenvalue weighted by atomic mass is 9.87. The molecule has 0 saturated heterocycles. The summed E-state index contributed by atoms with van der Waals surface area (Å²) in [6, 6.07) is 15.8. The molecule has 0 unspecified atom stereocenters. The number of ether oxygens (including phenoxy) is 1. The van der Waals surface area contributed by atoms with Crippen molar-refractivity contribution in [3.05, 3.63) is 54.1 Å². The number of nitriles is 1. The maximum absolute atomic E-state index is 12.5. The zero-order chi connectivity index (χ0) is 19.3. The molecular formula is C21H21N3O3. The van der Waals surface area contributed by atoms with Crippen LogP contribution < -0.4 is 15.4 Å². The highest BCUT2D eigenvalue weighted by Crippen LogP contribution is 2.38. The molecule has 0 atom stereocenters. The Bertz CT molecular complexity index is 861. The summed E-state index contributed by atoms with van der Waals surface area (Å²) in [4.78, 5) is 24.8. The van der Waals surface area contributed by atoms with Gasteiger partial charge in [-0.25, -0.2) is 0 Å². The van der Waals surface area contributed by atoms with Gasteiger partial charge in [0.05, 0.1) is 13.2 Å². The number of benzene rings is 2. The van der Waals surface area contributed by atoms with E-state index < -0.39 is 5.41 Å². The van der Waals surface area contributed by atoms with Crippen molar-refractivity contribution >= 4 is 23.2 Å². The number of carbonyl (C=O) groups excluding carboxylic acids is 2.